The molecule has 2 aromatic heterocycles. The zero-order valence-corrected chi connectivity index (χ0v) is 16.2. The normalized spacial score (nSPS) is 14.3. The van der Waals surface area contributed by atoms with Gasteiger partial charge in [0.25, 0.3) is 5.91 Å². The Morgan fingerprint density at radius 3 is 2.79 bits per heavy atom. The molecule has 1 fully saturated rings. The van der Waals surface area contributed by atoms with Crippen LogP contribution in [0.15, 0.2) is 24.4 Å². The third kappa shape index (κ3) is 5.52. The molecule has 0 radical (unpaired) electrons. The predicted molar refractivity (Wildman–Crippen MR) is 107 cm³/mol. The first-order valence-corrected chi connectivity index (χ1v) is 9.33. The largest absolute Gasteiger partial charge is 0.475 e. The number of primary amides is 1. The van der Waals surface area contributed by atoms with Crippen LogP contribution in [0.3, 0.4) is 0 Å². The van der Waals surface area contributed by atoms with Gasteiger partial charge < -0.3 is 31.6 Å². The van der Waals surface area contributed by atoms with E-state index >= 15 is 0 Å². The number of hydrogen-bond acceptors (Lipinski definition) is 8. The van der Waals surface area contributed by atoms with Gasteiger partial charge >= 0.3 is 0 Å². The summed E-state index contributed by atoms with van der Waals surface area (Å²) in [5, 5.41) is 6.03. The number of carbonyl (C=O) groups excluding carboxylic acids is 1. The van der Waals surface area contributed by atoms with Gasteiger partial charge in [-0.25, -0.2) is 14.4 Å². The first kappa shape index (κ1) is 20.7. The Hall–Kier alpha value is -2.98. The fraction of sp³-hybridized carbons (Fsp3) is 0.421. The Balaban J connectivity index is 1.84. The van der Waals surface area contributed by atoms with E-state index in [-0.39, 0.29) is 23.2 Å². The minimum absolute atomic E-state index is 0.0190. The number of halogens is 1. The highest BCUT2D eigenvalue weighted by Gasteiger charge is 2.31. The molecule has 156 valence electrons. The predicted octanol–water partition coefficient (Wildman–Crippen LogP) is 1.63. The minimum atomic E-state index is -0.798. The molecule has 0 saturated heterocycles. The number of methoxy groups -OCH3 is 1. The molecular formula is C19H25FN6O3. The number of nitrogens with zero attached hydrogens (tertiary/aromatic N) is 2. The highest BCUT2D eigenvalue weighted by Crippen LogP contribution is 2.34. The van der Waals surface area contributed by atoms with Crippen molar-refractivity contribution in [3.63, 3.8) is 0 Å². The molecule has 9 nitrogen and oxygen atoms in total. The van der Waals surface area contributed by atoms with Crippen molar-refractivity contribution in [2.24, 2.45) is 17.4 Å². The van der Waals surface area contributed by atoms with E-state index in [9.17, 15) is 9.18 Å². The number of hydrogen-bond donors (Lipinski definition) is 4. The first-order chi connectivity index (χ1) is 14.0. The van der Waals surface area contributed by atoms with Crippen LogP contribution < -0.4 is 26.8 Å². The zero-order chi connectivity index (χ0) is 20.8. The van der Waals surface area contributed by atoms with Crippen LogP contribution in [0.2, 0.25) is 0 Å². The molecule has 0 aliphatic heterocycles. The third-order valence-electron chi connectivity index (χ3n) is 4.54. The van der Waals surface area contributed by atoms with Crippen LogP contribution in [0.5, 0.6) is 5.88 Å². The number of carbonyl (C=O) groups is 1. The lowest BCUT2D eigenvalue weighted by molar-refractivity contribution is 0.100. The Bertz CT molecular complexity index is 862. The lowest BCUT2D eigenvalue weighted by Gasteiger charge is -2.19. The summed E-state index contributed by atoms with van der Waals surface area (Å²) in [4.78, 5) is 20.2. The molecule has 1 aliphatic carbocycles. The number of amides is 1. The summed E-state index contributed by atoms with van der Waals surface area (Å²) in [6.07, 6.45) is 3.63. The molecule has 10 heteroatoms. The number of anilines is 3. The quantitative estimate of drug-likeness (QED) is 0.415. The van der Waals surface area contributed by atoms with E-state index < -0.39 is 11.7 Å². The Morgan fingerprint density at radius 1 is 1.34 bits per heavy atom. The van der Waals surface area contributed by atoms with Crippen molar-refractivity contribution < 1.29 is 18.7 Å². The molecule has 29 heavy (non-hydrogen) atoms. The Morgan fingerprint density at radius 2 is 2.14 bits per heavy atom. The number of nitrogens with one attached hydrogen (secondary N) is 2. The van der Waals surface area contributed by atoms with Gasteiger partial charge in [0.2, 0.25) is 5.88 Å². The van der Waals surface area contributed by atoms with Crippen molar-refractivity contribution >= 4 is 23.2 Å². The third-order valence-corrected chi connectivity index (χ3v) is 4.54. The molecule has 0 bridgehead atoms. The molecule has 3 rings (SSSR count). The highest BCUT2D eigenvalue weighted by atomic mass is 19.1. The summed E-state index contributed by atoms with van der Waals surface area (Å²) >= 11 is 0. The molecule has 0 spiro atoms. The molecule has 1 aliphatic rings. The zero-order valence-electron chi connectivity index (χ0n) is 16.2. The van der Waals surface area contributed by atoms with Gasteiger partial charge in [-0.05, 0) is 30.9 Å². The second kappa shape index (κ2) is 9.48. The molecule has 6 N–H and O–H groups in total. The fourth-order valence-corrected chi connectivity index (χ4v) is 2.85. The summed E-state index contributed by atoms with van der Waals surface area (Å²) in [6.45, 7) is 1.12. The summed E-state index contributed by atoms with van der Waals surface area (Å²) in [7, 11) is 1.57. The van der Waals surface area contributed by atoms with Crippen molar-refractivity contribution in [3.05, 3.63) is 35.8 Å². The van der Waals surface area contributed by atoms with E-state index in [2.05, 4.69) is 20.6 Å². The maximum Gasteiger partial charge on any atom is 0.252 e. The van der Waals surface area contributed by atoms with E-state index in [0.717, 1.165) is 18.9 Å². The Kier molecular flexibility index (Phi) is 6.78. The number of rotatable bonds is 11. The van der Waals surface area contributed by atoms with Gasteiger partial charge in [-0.2, -0.15) is 0 Å². The van der Waals surface area contributed by atoms with E-state index in [1.54, 1.807) is 19.2 Å². The molecule has 1 amide bonds. The van der Waals surface area contributed by atoms with Gasteiger partial charge in [0.1, 0.15) is 12.4 Å². The monoisotopic (exact) mass is 404 g/mol. The lowest BCUT2D eigenvalue weighted by Crippen LogP contribution is -2.32. The van der Waals surface area contributed by atoms with Crippen LogP contribution in [0.4, 0.5) is 21.7 Å². The average molecular weight is 404 g/mol. The summed E-state index contributed by atoms with van der Waals surface area (Å²) in [5.74, 6) is -0.548. The second-order valence-corrected chi connectivity index (χ2v) is 6.75. The minimum Gasteiger partial charge on any atom is -0.475 e. The van der Waals surface area contributed by atoms with Crippen LogP contribution in [0.1, 0.15) is 23.2 Å². The van der Waals surface area contributed by atoms with Gasteiger partial charge in [-0.1, -0.05) is 0 Å². The van der Waals surface area contributed by atoms with Gasteiger partial charge in [-0.3, -0.25) is 4.79 Å². The topological polar surface area (TPSA) is 137 Å². The number of pyridine rings is 2. The van der Waals surface area contributed by atoms with Gasteiger partial charge in [-0.15, -0.1) is 0 Å². The van der Waals surface area contributed by atoms with Crippen LogP contribution in [0.25, 0.3) is 0 Å². The fourth-order valence-electron chi connectivity index (χ4n) is 2.85. The molecule has 2 heterocycles. The lowest BCUT2D eigenvalue weighted by atomic mass is 10.1. The van der Waals surface area contributed by atoms with Gasteiger partial charge in [0, 0.05) is 37.6 Å². The van der Waals surface area contributed by atoms with Crippen LogP contribution in [-0.4, -0.2) is 48.8 Å². The van der Waals surface area contributed by atoms with Crippen LogP contribution >= 0.6 is 0 Å². The van der Waals surface area contributed by atoms with Crippen molar-refractivity contribution in [2.75, 3.05) is 37.5 Å². The van der Waals surface area contributed by atoms with E-state index in [1.165, 1.54) is 6.20 Å². The molecule has 0 unspecified atom stereocenters. The maximum absolute atomic E-state index is 14.5. The summed E-state index contributed by atoms with van der Waals surface area (Å²) < 4.78 is 24.9. The van der Waals surface area contributed by atoms with E-state index in [4.69, 9.17) is 20.9 Å². The molecule has 1 saturated carbocycles. The number of aromatic nitrogens is 2. The van der Waals surface area contributed by atoms with Crippen molar-refractivity contribution in [1.29, 1.82) is 0 Å². The second-order valence-electron chi connectivity index (χ2n) is 6.75. The summed E-state index contributed by atoms with van der Waals surface area (Å²) in [6, 6.07) is 4.29. The molecular weight excluding hydrogens is 379 g/mol. The maximum atomic E-state index is 14.5. The van der Waals surface area contributed by atoms with Crippen molar-refractivity contribution in [2.45, 2.75) is 18.9 Å². The molecule has 2 aromatic rings. The average Bonchev–Trinajstić information content (AvgIpc) is 3.53. The Labute approximate surface area is 168 Å². The first-order valence-electron chi connectivity index (χ1n) is 9.33. The van der Waals surface area contributed by atoms with Crippen molar-refractivity contribution in [1.82, 2.24) is 9.97 Å². The molecule has 0 aromatic carbocycles. The van der Waals surface area contributed by atoms with Gasteiger partial charge in [0.15, 0.2) is 11.6 Å². The summed E-state index contributed by atoms with van der Waals surface area (Å²) in [5.41, 5.74) is 11.7. The SMILES string of the molecule is COCCOc1cc(Nc2nc(N[C@@H](CN)C3CC3)c(F)cc2C(N)=O)ccn1. The van der Waals surface area contributed by atoms with Crippen LogP contribution in [-0.2, 0) is 4.74 Å². The van der Waals surface area contributed by atoms with Gasteiger partial charge in [0.05, 0.1) is 12.2 Å². The van der Waals surface area contributed by atoms with Crippen LogP contribution in [0, 0.1) is 11.7 Å². The highest BCUT2D eigenvalue weighted by molar-refractivity contribution is 5.98. The van der Waals surface area contributed by atoms with E-state index in [0.29, 0.717) is 37.2 Å². The number of ether oxygens (including phenoxy) is 2. The number of nitrogens with two attached hydrogens (primary N) is 2. The van der Waals surface area contributed by atoms with Crippen molar-refractivity contribution in [3.8, 4) is 5.88 Å². The standard InChI is InChI=1S/C19H25FN6O3/c1-28-6-7-29-16-8-12(4-5-23-16)24-18-13(17(22)27)9-14(20)19(26-18)25-15(10-21)11-2-3-11/h4-5,8-9,11,15H,2-3,6-7,10,21H2,1H3,(H2,22,27)(H2,23,24,25,26)/t15-/m0/s1. The van der Waals surface area contributed by atoms with E-state index in [1.807, 2.05) is 0 Å². The smallest absolute Gasteiger partial charge is 0.252 e. The molecule has 1 atom stereocenters.